The van der Waals surface area contributed by atoms with Gasteiger partial charge in [-0.25, -0.2) is 9.97 Å². The fraction of sp³-hybridized carbons (Fsp3) is 0.214. The first-order valence-corrected chi connectivity index (χ1v) is 6.40. The number of rotatable bonds is 4. The highest BCUT2D eigenvalue weighted by Gasteiger charge is 2.05. The maximum atomic E-state index is 5.61. The predicted molar refractivity (Wildman–Crippen MR) is 77.2 cm³/mol. The van der Waals surface area contributed by atoms with Crippen molar-refractivity contribution in [2.45, 2.75) is 20.0 Å². The summed E-state index contributed by atoms with van der Waals surface area (Å²) in [4.78, 5) is 8.33. The van der Waals surface area contributed by atoms with Crippen molar-refractivity contribution in [1.29, 1.82) is 0 Å². The van der Waals surface area contributed by atoms with Gasteiger partial charge >= 0.3 is 0 Å². The van der Waals surface area contributed by atoms with Crippen LogP contribution < -0.4 is 10.1 Å². The van der Waals surface area contributed by atoms with E-state index in [4.69, 9.17) is 4.74 Å². The van der Waals surface area contributed by atoms with Crippen LogP contribution in [0.25, 0.3) is 11.0 Å². The van der Waals surface area contributed by atoms with Crippen LogP contribution in [-0.4, -0.2) is 26.3 Å². The van der Waals surface area contributed by atoms with Crippen LogP contribution in [-0.2, 0) is 0 Å². The second-order valence-corrected chi connectivity index (χ2v) is 4.67. The minimum absolute atomic E-state index is 0.168. The van der Waals surface area contributed by atoms with E-state index in [1.54, 1.807) is 6.20 Å². The summed E-state index contributed by atoms with van der Waals surface area (Å²) in [5.74, 6) is 1.57. The molecule has 20 heavy (non-hydrogen) atoms. The van der Waals surface area contributed by atoms with Gasteiger partial charge in [0.15, 0.2) is 5.65 Å². The molecule has 0 spiro atoms. The second-order valence-electron chi connectivity index (χ2n) is 4.67. The molecule has 2 heterocycles. The lowest BCUT2D eigenvalue weighted by Crippen LogP contribution is -2.05. The zero-order valence-corrected chi connectivity index (χ0v) is 11.3. The van der Waals surface area contributed by atoms with Crippen LogP contribution in [0.1, 0.15) is 13.8 Å². The van der Waals surface area contributed by atoms with E-state index in [1.807, 2.05) is 38.1 Å². The summed E-state index contributed by atoms with van der Waals surface area (Å²) >= 11 is 0. The van der Waals surface area contributed by atoms with E-state index in [1.165, 1.54) is 6.33 Å². The van der Waals surface area contributed by atoms with Crippen LogP contribution in [0.15, 0.2) is 36.8 Å². The van der Waals surface area contributed by atoms with Crippen molar-refractivity contribution in [3.8, 4) is 5.75 Å². The molecule has 3 rings (SSSR count). The summed E-state index contributed by atoms with van der Waals surface area (Å²) in [7, 11) is 0. The second kappa shape index (κ2) is 5.16. The number of aromatic amines is 1. The normalized spacial score (nSPS) is 10.9. The molecule has 0 bridgehead atoms. The minimum Gasteiger partial charge on any atom is -0.491 e. The molecule has 0 atom stereocenters. The summed E-state index contributed by atoms with van der Waals surface area (Å²) in [6, 6.07) is 7.75. The molecule has 2 aromatic heterocycles. The average molecular weight is 269 g/mol. The molecule has 0 aliphatic rings. The third kappa shape index (κ3) is 2.54. The molecule has 0 fully saturated rings. The molecule has 0 saturated heterocycles. The number of fused-ring (bicyclic) bond motifs is 1. The summed E-state index contributed by atoms with van der Waals surface area (Å²) < 4.78 is 5.61. The zero-order chi connectivity index (χ0) is 13.9. The molecule has 0 saturated carbocycles. The molecular formula is C14H15N5O. The Labute approximate surface area is 116 Å². The van der Waals surface area contributed by atoms with Gasteiger partial charge in [0, 0.05) is 5.69 Å². The van der Waals surface area contributed by atoms with Crippen molar-refractivity contribution in [1.82, 2.24) is 20.2 Å². The lowest BCUT2D eigenvalue weighted by Gasteiger charge is -2.11. The predicted octanol–water partition coefficient (Wildman–Crippen LogP) is 2.88. The van der Waals surface area contributed by atoms with Gasteiger partial charge in [0.25, 0.3) is 0 Å². The minimum atomic E-state index is 0.168. The van der Waals surface area contributed by atoms with E-state index < -0.39 is 0 Å². The Morgan fingerprint density at radius 2 is 1.95 bits per heavy atom. The van der Waals surface area contributed by atoms with Gasteiger partial charge in [-0.2, -0.15) is 5.10 Å². The van der Waals surface area contributed by atoms with Gasteiger partial charge in [0.05, 0.1) is 17.7 Å². The number of anilines is 2. The summed E-state index contributed by atoms with van der Waals surface area (Å²) in [5, 5.41) is 10.9. The van der Waals surface area contributed by atoms with Crippen molar-refractivity contribution in [2.75, 3.05) is 5.32 Å². The molecule has 0 radical (unpaired) electrons. The van der Waals surface area contributed by atoms with Gasteiger partial charge in [-0.15, -0.1) is 0 Å². The van der Waals surface area contributed by atoms with Crippen molar-refractivity contribution in [3.63, 3.8) is 0 Å². The van der Waals surface area contributed by atoms with E-state index in [2.05, 4.69) is 25.5 Å². The van der Waals surface area contributed by atoms with Gasteiger partial charge in [0.1, 0.15) is 17.9 Å². The average Bonchev–Trinajstić information content (AvgIpc) is 2.90. The molecule has 0 unspecified atom stereocenters. The van der Waals surface area contributed by atoms with Crippen molar-refractivity contribution in [3.05, 3.63) is 36.8 Å². The first kappa shape index (κ1) is 12.4. The molecule has 3 aromatic rings. The third-order valence-electron chi connectivity index (χ3n) is 2.74. The summed E-state index contributed by atoms with van der Waals surface area (Å²) in [6.07, 6.45) is 3.37. The lowest BCUT2D eigenvalue weighted by atomic mass is 10.3. The number of benzene rings is 1. The van der Waals surface area contributed by atoms with Crippen LogP contribution in [0.2, 0.25) is 0 Å². The van der Waals surface area contributed by atoms with Crippen LogP contribution >= 0.6 is 0 Å². The van der Waals surface area contributed by atoms with E-state index in [0.29, 0.717) is 5.65 Å². The maximum Gasteiger partial charge on any atom is 0.160 e. The number of H-pyrrole nitrogens is 1. The van der Waals surface area contributed by atoms with Gasteiger partial charge < -0.3 is 10.1 Å². The van der Waals surface area contributed by atoms with E-state index in [9.17, 15) is 0 Å². The van der Waals surface area contributed by atoms with Crippen LogP contribution in [0.5, 0.6) is 5.75 Å². The largest absolute Gasteiger partial charge is 0.491 e. The van der Waals surface area contributed by atoms with E-state index >= 15 is 0 Å². The molecule has 0 aliphatic heterocycles. The van der Waals surface area contributed by atoms with Gasteiger partial charge in [-0.05, 0) is 38.1 Å². The highest BCUT2D eigenvalue weighted by Crippen LogP contribution is 2.23. The number of nitrogens with one attached hydrogen (secondary N) is 2. The van der Waals surface area contributed by atoms with Crippen molar-refractivity contribution >= 4 is 22.5 Å². The number of hydrogen-bond donors (Lipinski definition) is 2. The highest BCUT2D eigenvalue weighted by molar-refractivity contribution is 5.87. The van der Waals surface area contributed by atoms with Crippen LogP contribution in [0.3, 0.4) is 0 Å². The van der Waals surface area contributed by atoms with Crippen molar-refractivity contribution < 1.29 is 4.74 Å². The fourth-order valence-electron chi connectivity index (χ4n) is 1.89. The van der Waals surface area contributed by atoms with Crippen LogP contribution in [0.4, 0.5) is 11.5 Å². The van der Waals surface area contributed by atoms with Crippen molar-refractivity contribution in [2.24, 2.45) is 0 Å². The highest BCUT2D eigenvalue weighted by atomic mass is 16.5. The molecule has 0 aliphatic carbocycles. The Morgan fingerprint density at radius 3 is 2.70 bits per heavy atom. The Kier molecular flexibility index (Phi) is 3.20. The van der Waals surface area contributed by atoms with Crippen LogP contribution in [0, 0.1) is 0 Å². The smallest absolute Gasteiger partial charge is 0.160 e. The Bertz CT molecular complexity index is 705. The topological polar surface area (TPSA) is 75.7 Å². The molecule has 6 nitrogen and oxygen atoms in total. The number of ether oxygens (including phenoxy) is 1. The number of hydrogen-bond acceptors (Lipinski definition) is 5. The van der Waals surface area contributed by atoms with Gasteiger partial charge in [-0.3, -0.25) is 5.10 Å². The SMILES string of the molecule is CC(C)Oc1ccc(Nc2ncnc3[nH]ncc23)cc1. The fourth-order valence-corrected chi connectivity index (χ4v) is 1.89. The molecule has 1 aromatic carbocycles. The quantitative estimate of drug-likeness (QED) is 0.761. The lowest BCUT2D eigenvalue weighted by molar-refractivity contribution is 0.242. The first-order valence-electron chi connectivity index (χ1n) is 6.40. The maximum absolute atomic E-state index is 5.61. The zero-order valence-electron chi connectivity index (χ0n) is 11.3. The van der Waals surface area contributed by atoms with E-state index in [0.717, 1.165) is 22.6 Å². The molecule has 102 valence electrons. The Hall–Kier alpha value is -2.63. The molecule has 2 N–H and O–H groups in total. The monoisotopic (exact) mass is 269 g/mol. The Balaban J connectivity index is 1.82. The van der Waals surface area contributed by atoms with Gasteiger partial charge in [-0.1, -0.05) is 0 Å². The van der Waals surface area contributed by atoms with Gasteiger partial charge in [0.2, 0.25) is 0 Å². The molecule has 6 heteroatoms. The third-order valence-corrected chi connectivity index (χ3v) is 2.74. The Morgan fingerprint density at radius 1 is 1.15 bits per heavy atom. The molecule has 0 amide bonds. The molecular weight excluding hydrogens is 254 g/mol. The first-order chi connectivity index (χ1) is 9.72. The number of aromatic nitrogens is 4. The number of nitrogens with zero attached hydrogens (tertiary/aromatic N) is 3. The standard InChI is InChI=1S/C14H15N5O/c1-9(2)20-11-5-3-10(4-6-11)18-13-12-7-17-19-14(12)16-8-15-13/h3-9H,1-2H3,(H2,15,16,17,18,19). The summed E-state index contributed by atoms with van der Waals surface area (Å²) in [6.45, 7) is 4.01. The summed E-state index contributed by atoms with van der Waals surface area (Å²) in [5.41, 5.74) is 1.64. The van der Waals surface area contributed by atoms with E-state index in [-0.39, 0.29) is 6.10 Å².